The summed E-state index contributed by atoms with van der Waals surface area (Å²) in [6, 6.07) is 16.0. The molecule has 0 unspecified atom stereocenters. The first kappa shape index (κ1) is 18.3. The second-order valence-electron chi connectivity index (χ2n) is 5.75. The number of nitrogens with one attached hydrogen (secondary N) is 1. The minimum atomic E-state index is -0.505. The van der Waals surface area contributed by atoms with E-state index in [4.69, 9.17) is 9.47 Å². The largest absolute Gasteiger partial charge is 0.507 e. The van der Waals surface area contributed by atoms with Gasteiger partial charge in [-0.2, -0.15) is 5.10 Å². The van der Waals surface area contributed by atoms with Gasteiger partial charge in [0.25, 0.3) is 5.91 Å². The fourth-order valence-electron chi connectivity index (χ4n) is 2.70. The van der Waals surface area contributed by atoms with Gasteiger partial charge in [-0.25, -0.2) is 5.43 Å². The molecule has 0 spiro atoms. The Kier molecular flexibility index (Phi) is 5.56. The predicted octanol–water partition coefficient (Wildman–Crippen LogP) is 3.72. The first-order valence-electron chi connectivity index (χ1n) is 8.48. The first-order valence-corrected chi connectivity index (χ1v) is 8.48. The maximum absolute atomic E-state index is 12.4. The van der Waals surface area contributed by atoms with Crippen LogP contribution in [0.3, 0.4) is 0 Å². The van der Waals surface area contributed by atoms with Crippen molar-refractivity contribution in [3.8, 4) is 17.2 Å². The summed E-state index contributed by atoms with van der Waals surface area (Å²) in [5.41, 5.74) is 3.24. The second-order valence-corrected chi connectivity index (χ2v) is 5.75. The van der Waals surface area contributed by atoms with E-state index in [0.29, 0.717) is 23.7 Å². The highest BCUT2D eigenvalue weighted by Gasteiger charge is 2.12. The smallest absolute Gasteiger partial charge is 0.275 e. The van der Waals surface area contributed by atoms with Gasteiger partial charge in [-0.05, 0) is 48.0 Å². The van der Waals surface area contributed by atoms with Crippen molar-refractivity contribution in [2.45, 2.75) is 6.92 Å². The monoisotopic (exact) mass is 364 g/mol. The van der Waals surface area contributed by atoms with Gasteiger partial charge in [0.15, 0.2) is 0 Å². The Morgan fingerprint density at radius 2 is 1.89 bits per heavy atom. The SMILES string of the molecule is CCOc1ccc(OC)c(/C=N/NC(=O)c2cc3ccccc3cc2O)c1. The van der Waals surface area contributed by atoms with Crippen molar-refractivity contribution in [3.05, 3.63) is 65.7 Å². The molecule has 0 heterocycles. The number of amides is 1. The predicted molar refractivity (Wildman–Crippen MR) is 105 cm³/mol. The molecule has 0 aliphatic rings. The molecule has 3 aromatic carbocycles. The molecule has 27 heavy (non-hydrogen) atoms. The quantitative estimate of drug-likeness (QED) is 0.516. The normalized spacial score (nSPS) is 10.9. The molecule has 138 valence electrons. The third kappa shape index (κ3) is 4.17. The lowest BCUT2D eigenvalue weighted by atomic mass is 10.1. The van der Waals surface area contributed by atoms with Crippen molar-refractivity contribution in [2.75, 3.05) is 13.7 Å². The number of aromatic hydroxyl groups is 1. The molecular weight excluding hydrogens is 344 g/mol. The maximum atomic E-state index is 12.4. The topological polar surface area (TPSA) is 80.2 Å². The van der Waals surface area contributed by atoms with Gasteiger partial charge in [-0.1, -0.05) is 24.3 Å². The molecule has 3 rings (SSSR count). The number of carbonyl (C=O) groups excluding carboxylic acids is 1. The van der Waals surface area contributed by atoms with Crippen LogP contribution in [0.1, 0.15) is 22.8 Å². The zero-order valence-electron chi connectivity index (χ0n) is 15.1. The van der Waals surface area contributed by atoms with Crippen molar-refractivity contribution in [2.24, 2.45) is 5.10 Å². The highest BCUT2D eigenvalue weighted by atomic mass is 16.5. The van der Waals surface area contributed by atoms with E-state index in [1.165, 1.54) is 6.21 Å². The van der Waals surface area contributed by atoms with Crippen LogP contribution in [0.2, 0.25) is 0 Å². The van der Waals surface area contributed by atoms with Gasteiger partial charge in [-0.15, -0.1) is 0 Å². The molecule has 0 saturated carbocycles. The highest BCUT2D eigenvalue weighted by Crippen LogP contribution is 2.25. The van der Waals surface area contributed by atoms with Gasteiger partial charge >= 0.3 is 0 Å². The van der Waals surface area contributed by atoms with E-state index in [2.05, 4.69) is 10.5 Å². The number of phenolic OH excluding ortho intramolecular Hbond substituents is 1. The van der Waals surface area contributed by atoms with E-state index in [9.17, 15) is 9.90 Å². The third-order valence-corrected chi connectivity index (χ3v) is 3.99. The van der Waals surface area contributed by atoms with Gasteiger partial charge in [0.1, 0.15) is 17.2 Å². The minimum Gasteiger partial charge on any atom is -0.507 e. The molecule has 6 heteroatoms. The van der Waals surface area contributed by atoms with Crippen LogP contribution in [0, 0.1) is 0 Å². The van der Waals surface area contributed by atoms with Gasteiger partial charge in [0, 0.05) is 5.56 Å². The number of carbonyl (C=O) groups is 1. The summed E-state index contributed by atoms with van der Waals surface area (Å²) in [6.07, 6.45) is 1.47. The fourth-order valence-corrected chi connectivity index (χ4v) is 2.70. The van der Waals surface area contributed by atoms with Crippen LogP contribution in [0.5, 0.6) is 17.2 Å². The molecule has 3 aromatic rings. The average molecular weight is 364 g/mol. The van der Waals surface area contributed by atoms with E-state index < -0.39 is 5.91 Å². The van der Waals surface area contributed by atoms with Crippen LogP contribution in [0.25, 0.3) is 10.8 Å². The van der Waals surface area contributed by atoms with Crippen LogP contribution in [-0.2, 0) is 0 Å². The Balaban J connectivity index is 1.79. The van der Waals surface area contributed by atoms with Crippen LogP contribution in [-0.4, -0.2) is 30.9 Å². The molecular formula is C21H20N2O4. The van der Waals surface area contributed by atoms with Gasteiger partial charge in [0.05, 0.1) is 25.5 Å². The Morgan fingerprint density at radius 1 is 1.15 bits per heavy atom. The molecule has 0 aliphatic heterocycles. The van der Waals surface area contributed by atoms with Crippen molar-refractivity contribution in [1.29, 1.82) is 0 Å². The van der Waals surface area contributed by atoms with E-state index in [1.54, 1.807) is 37.4 Å². The molecule has 2 N–H and O–H groups in total. The second kappa shape index (κ2) is 8.23. The number of hydrazone groups is 1. The van der Waals surface area contributed by atoms with Gasteiger partial charge in [0.2, 0.25) is 0 Å². The first-order chi connectivity index (χ1) is 13.1. The Hall–Kier alpha value is -3.54. The maximum Gasteiger partial charge on any atom is 0.275 e. The zero-order valence-corrected chi connectivity index (χ0v) is 15.1. The van der Waals surface area contributed by atoms with Gasteiger partial charge in [-0.3, -0.25) is 4.79 Å². The summed E-state index contributed by atoms with van der Waals surface area (Å²) in [4.78, 5) is 12.4. The van der Waals surface area contributed by atoms with E-state index in [0.717, 1.165) is 10.8 Å². The van der Waals surface area contributed by atoms with Crippen LogP contribution >= 0.6 is 0 Å². The molecule has 0 bridgehead atoms. The number of rotatable bonds is 6. The van der Waals surface area contributed by atoms with Crippen molar-refractivity contribution >= 4 is 22.9 Å². The van der Waals surface area contributed by atoms with Crippen molar-refractivity contribution in [1.82, 2.24) is 5.43 Å². The summed E-state index contributed by atoms with van der Waals surface area (Å²) >= 11 is 0. The number of hydrogen-bond acceptors (Lipinski definition) is 5. The van der Waals surface area contributed by atoms with Gasteiger partial charge < -0.3 is 14.6 Å². The number of ether oxygens (including phenoxy) is 2. The lowest BCUT2D eigenvalue weighted by molar-refractivity contribution is 0.0952. The summed E-state index contributed by atoms with van der Waals surface area (Å²) < 4.78 is 10.8. The molecule has 0 radical (unpaired) electrons. The number of phenols is 1. The summed E-state index contributed by atoms with van der Waals surface area (Å²) in [5, 5.41) is 15.8. The Morgan fingerprint density at radius 3 is 2.59 bits per heavy atom. The van der Waals surface area contributed by atoms with Crippen LogP contribution in [0.4, 0.5) is 0 Å². The zero-order chi connectivity index (χ0) is 19.2. The molecule has 0 saturated heterocycles. The minimum absolute atomic E-state index is 0.0997. The Labute approximate surface area is 157 Å². The number of methoxy groups -OCH3 is 1. The van der Waals surface area contributed by atoms with E-state index >= 15 is 0 Å². The standard InChI is InChI=1S/C21H20N2O4/c1-3-27-17-8-9-20(26-2)16(10-17)13-22-23-21(25)18-11-14-6-4-5-7-15(14)12-19(18)24/h4-13,24H,3H2,1-2H3,(H,23,25)/b22-13+. The summed E-state index contributed by atoms with van der Waals surface area (Å²) in [7, 11) is 1.55. The number of hydrogen-bond donors (Lipinski definition) is 2. The van der Waals surface area contributed by atoms with Crippen LogP contribution in [0.15, 0.2) is 59.7 Å². The number of nitrogens with zero attached hydrogens (tertiary/aromatic N) is 1. The third-order valence-electron chi connectivity index (χ3n) is 3.99. The van der Waals surface area contributed by atoms with Crippen molar-refractivity contribution < 1.29 is 19.4 Å². The molecule has 1 amide bonds. The van der Waals surface area contributed by atoms with E-state index in [1.807, 2.05) is 31.2 Å². The highest BCUT2D eigenvalue weighted by molar-refractivity contribution is 6.01. The van der Waals surface area contributed by atoms with Crippen molar-refractivity contribution in [3.63, 3.8) is 0 Å². The number of benzene rings is 3. The fraction of sp³-hybridized carbons (Fsp3) is 0.143. The molecule has 0 aromatic heterocycles. The van der Waals surface area contributed by atoms with Crippen LogP contribution < -0.4 is 14.9 Å². The summed E-state index contributed by atoms with van der Waals surface area (Å²) in [5.74, 6) is 0.676. The van der Waals surface area contributed by atoms with E-state index in [-0.39, 0.29) is 11.3 Å². The Bertz CT molecular complexity index is 999. The molecule has 6 nitrogen and oxygen atoms in total. The summed E-state index contributed by atoms with van der Waals surface area (Å²) in [6.45, 7) is 2.44. The number of fused-ring (bicyclic) bond motifs is 1. The molecule has 0 atom stereocenters. The molecule has 0 aliphatic carbocycles. The average Bonchev–Trinajstić information content (AvgIpc) is 2.68. The molecule has 0 fully saturated rings. The lowest BCUT2D eigenvalue weighted by Gasteiger charge is -2.08. The lowest BCUT2D eigenvalue weighted by Crippen LogP contribution is -2.17.